The number of rotatable bonds is 20. The van der Waals surface area contributed by atoms with Gasteiger partial charge in [0.1, 0.15) is 23.7 Å². The normalized spacial score (nSPS) is 19.7. The molecule has 1 saturated carbocycles. The lowest BCUT2D eigenvalue weighted by atomic mass is 9.83. The van der Waals surface area contributed by atoms with Gasteiger partial charge in [-0.05, 0) is 120 Å². The number of hydrogen-bond donors (Lipinski definition) is 5. The highest BCUT2D eigenvalue weighted by atomic mass is 79.9. The first kappa shape index (κ1) is 49.6. The number of anilines is 1. The first-order chi connectivity index (χ1) is 32.4. The van der Waals surface area contributed by atoms with Crippen LogP contribution in [0.1, 0.15) is 132 Å². The largest absolute Gasteiger partial charge is 0.493 e. The van der Waals surface area contributed by atoms with Crippen molar-refractivity contribution in [2.24, 2.45) is 5.92 Å². The Morgan fingerprint density at radius 2 is 1.67 bits per heavy atom. The van der Waals surface area contributed by atoms with Gasteiger partial charge in [0.25, 0.3) is 0 Å². The van der Waals surface area contributed by atoms with E-state index in [1.165, 1.54) is 5.56 Å². The number of halogens is 1. The molecule has 5 N–H and O–H groups in total. The highest BCUT2D eigenvalue weighted by Crippen LogP contribution is 2.36. The number of likely N-dealkylation sites (tertiary alicyclic amines) is 1. The molecular weight excluding hydrogens is 913 g/mol. The molecule has 6 atom stereocenters. The minimum absolute atomic E-state index is 0.000644. The van der Waals surface area contributed by atoms with Gasteiger partial charge in [-0.2, -0.15) is 0 Å². The fourth-order valence-corrected chi connectivity index (χ4v) is 10.4. The van der Waals surface area contributed by atoms with Crippen LogP contribution in [0.2, 0.25) is 0 Å². The summed E-state index contributed by atoms with van der Waals surface area (Å²) >= 11 is 3.57. The summed E-state index contributed by atoms with van der Waals surface area (Å²) < 4.78 is 13.0. The lowest BCUT2D eigenvalue weighted by molar-refractivity contribution is -0.143. The summed E-state index contributed by atoms with van der Waals surface area (Å²) in [4.78, 5) is 66.8. The summed E-state index contributed by atoms with van der Waals surface area (Å²) in [6.45, 7) is 6.42. The second-order valence-electron chi connectivity index (χ2n) is 18.6. The van der Waals surface area contributed by atoms with E-state index in [1.807, 2.05) is 43.3 Å². The van der Waals surface area contributed by atoms with Crippen LogP contribution in [0.5, 0.6) is 11.5 Å². The van der Waals surface area contributed by atoms with Crippen molar-refractivity contribution >= 4 is 56.3 Å². The lowest BCUT2D eigenvalue weighted by Crippen LogP contribution is -2.58. The van der Waals surface area contributed by atoms with Gasteiger partial charge in [-0.3, -0.25) is 19.2 Å². The number of ether oxygens (including phenoxy) is 2. The third-order valence-corrected chi connectivity index (χ3v) is 14.3. The van der Waals surface area contributed by atoms with Crippen molar-refractivity contribution in [3.8, 4) is 11.5 Å². The van der Waals surface area contributed by atoms with E-state index >= 15 is 0 Å². The van der Waals surface area contributed by atoms with Crippen LogP contribution in [0.15, 0.2) is 65.1 Å². The number of nitrogens with one attached hydrogen (secondary N) is 5. The van der Waals surface area contributed by atoms with Crippen molar-refractivity contribution in [3.63, 3.8) is 0 Å². The average molecular weight is 982 g/mol. The Kier molecular flexibility index (Phi) is 17.5. The maximum absolute atomic E-state index is 14.7. The van der Waals surface area contributed by atoms with Crippen molar-refractivity contribution < 1.29 is 28.7 Å². The summed E-state index contributed by atoms with van der Waals surface area (Å²) in [5.41, 5.74) is 4.23. The number of carbonyl (C=O) groups is 4. The van der Waals surface area contributed by atoms with Crippen molar-refractivity contribution in [1.29, 1.82) is 0 Å². The maximum atomic E-state index is 14.7. The van der Waals surface area contributed by atoms with Crippen LogP contribution in [0.4, 0.5) is 5.82 Å². The number of likely N-dealkylation sites (N-methyl/N-ethyl adjacent to an activating group) is 1. The summed E-state index contributed by atoms with van der Waals surface area (Å²) in [7, 11) is 3.34. The fraction of sp³-hybridized carbons (Fsp3) is 0.538. The molecule has 15 heteroatoms. The zero-order chi connectivity index (χ0) is 47.5. The van der Waals surface area contributed by atoms with E-state index in [0.29, 0.717) is 43.2 Å². The summed E-state index contributed by atoms with van der Waals surface area (Å²) in [5, 5.41) is 16.9. The van der Waals surface area contributed by atoms with E-state index in [1.54, 1.807) is 26.0 Å². The first-order valence-electron chi connectivity index (χ1n) is 24.4. The second kappa shape index (κ2) is 23.6. The number of nitrogens with zero attached hydrogens (tertiary/aromatic N) is 3. The summed E-state index contributed by atoms with van der Waals surface area (Å²) in [6.07, 6.45) is 11.3. The molecule has 4 aromatic rings. The van der Waals surface area contributed by atoms with Gasteiger partial charge in [-0.15, -0.1) is 0 Å². The van der Waals surface area contributed by atoms with Crippen molar-refractivity contribution in [2.45, 2.75) is 147 Å². The molecule has 2 fully saturated rings. The number of carbonyl (C=O) groups excluding carboxylic acids is 4. The Labute approximate surface area is 404 Å². The van der Waals surface area contributed by atoms with Crippen LogP contribution in [0.25, 0.3) is 10.9 Å². The second-order valence-corrected chi connectivity index (χ2v) is 19.5. The fourth-order valence-electron chi connectivity index (χ4n) is 9.96. The Bertz CT molecular complexity index is 2360. The molecule has 4 amide bonds. The quantitative estimate of drug-likeness (QED) is 0.0544. The number of amides is 4. The molecule has 1 aromatic heterocycles. The Balaban J connectivity index is 0.931. The molecule has 0 spiro atoms. The molecular formula is C52H69BrN8O6. The Morgan fingerprint density at radius 1 is 0.881 bits per heavy atom. The minimum atomic E-state index is -0.779. The highest BCUT2D eigenvalue weighted by Gasteiger charge is 2.45. The van der Waals surface area contributed by atoms with Crippen molar-refractivity contribution in [1.82, 2.24) is 36.1 Å². The van der Waals surface area contributed by atoms with Crippen molar-refractivity contribution in [2.75, 3.05) is 32.6 Å². The van der Waals surface area contributed by atoms with Gasteiger partial charge in [-0.1, -0.05) is 84.4 Å². The molecule has 360 valence electrons. The molecule has 1 saturated heterocycles. The van der Waals surface area contributed by atoms with Crippen LogP contribution in [0.3, 0.4) is 0 Å². The van der Waals surface area contributed by atoms with Crippen molar-refractivity contribution in [3.05, 3.63) is 87.7 Å². The third kappa shape index (κ3) is 12.8. The molecule has 1 aliphatic heterocycles. The lowest BCUT2D eigenvalue weighted by Gasteiger charge is -2.35. The van der Waals surface area contributed by atoms with Gasteiger partial charge in [-0.25, -0.2) is 9.97 Å². The van der Waals surface area contributed by atoms with Crippen LogP contribution in [0, 0.1) is 12.8 Å². The Hall–Kier alpha value is -5.28. The van der Waals surface area contributed by atoms with Crippen LogP contribution in [-0.2, 0) is 25.6 Å². The van der Waals surface area contributed by atoms with E-state index in [4.69, 9.17) is 19.4 Å². The van der Waals surface area contributed by atoms with E-state index in [-0.39, 0.29) is 48.2 Å². The predicted molar refractivity (Wildman–Crippen MR) is 265 cm³/mol. The number of unbranched alkanes of at least 4 members (excludes halogenated alkanes) is 3. The standard InChI is InChI=1S/C52H69BrN8O6/c1-32(37-21-15-22-38(53)27-37)55-49-41-29-45(66-5)46(30-43(41)56-34(3)57-49)67-26-14-7-6-11-25-47(62)58-39-28-44(51(64)59-42-24-16-20-35-17-12-13-23-40(35)42)61(31-39)52(65)48(36-18-9-8-10-19-36)60-50(63)33(2)54-4/h12-13,15,17,21-23,27,29-30,32-33,36,39,42,44,48,54H,6-11,14,16,18-20,24-26,28,31H2,1-5H3,(H,58,62)(H,59,64)(H,60,63)(H,55,56,57)/t32-,33+,39+,42-,44+,48+/m1/s1. The third-order valence-electron chi connectivity index (χ3n) is 13.8. The molecule has 0 radical (unpaired) electrons. The van der Waals surface area contributed by atoms with Gasteiger partial charge in [0.05, 0.1) is 37.4 Å². The van der Waals surface area contributed by atoms with Gasteiger partial charge in [0.15, 0.2) is 11.5 Å². The number of methoxy groups -OCH3 is 1. The van der Waals surface area contributed by atoms with E-state index < -0.39 is 24.2 Å². The average Bonchev–Trinajstić information content (AvgIpc) is 3.76. The van der Waals surface area contributed by atoms with Gasteiger partial charge >= 0.3 is 0 Å². The first-order valence-corrected chi connectivity index (χ1v) is 25.2. The van der Waals surface area contributed by atoms with E-state index in [9.17, 15) is 19.2 Å². The van der Waals surface area contributed by atoms with Crippen LogP contribution >= 0.6 is 15.9 Å². The Morgan fingerprint density at radius 3 is 2.45 bits per heavy atom. The maximum Gasteiger partial charge on any atom is 0.246 e. The number of hydrogen-bond acceptors (Lipinski definition) is 10. The van der Waals surface area contributed by atoms with E-state index in [2.05, 4.69) is 73.7 Å². The molecule has 3 aromatic carbocycles. The molecule has 67 heavy (non-hydrogen) atoms. The van der Waals surface area contributed by atoms with Gasteiger partial charge in [0, 0.05) is 34.9 Å². The number of benzene rings is 3. The van der Waals surface area contributed by atoms with Crippen LogP contribution in [-0.4, -0.2) is 90.0 Å². The molecule has 2 aliphatic carbocycles. The minimum Gasteiger partial charge on any atom is -0.493 e. The summed E-state index contributed by atoms with van der Waals surface area (Å²) in [5.74, 6) is 1.73. The zero-order valence-corrected chi connectivity index (χ0v) is 41.4. The molecule has 2 heterocycles. The monoisotopic (exact) mass is 980 g/mol. The summed E-state index contributed by atoms with van der Waals surface area (Å²) in [6, 6.07) is 17.7. The molecule has 0 unspecified atom stereocenters. The number of fused-ring (bicyclic) bond motifs is 2. The number of aryl methyl sites for hydroxylation is 2. The molecule has 14 nitrogen and oxygen atoms in total. The van der Waals surface area contributed by atoms with E-state index in [0.717, 1.165) is 103 Å². The smallest absolute Gasteiger partial charge is 0.246 e. The highest BCUT2D eigenvalue weighted by molar-refractivity contribution is 9.10. The molecule has 0 bridgehead atoms. The number of aromatic nitrogens is 2. The topological polar surface area (TPSA) is 176 Å². The zero-order valence-electron chi connectivity index (χ0n) is 39.8. The van der Waals surface area contributed by atoms with Crippen LogP contribution < -0.4 is 36.1 Å². The molecule has 7 rings (SSSR count). The molecule has 3 aliphatic rings. The van der Waals surface area contributed by atoms with Gasteiger partial charge < -0.3 is 41.0 Å². The predicted octanol–water partition coefficient (Wildman–Crippen LogP) is 8.16. The van der Waals surface area contributed by atoms with Gasteiger partial charge in [0.2, 0.25) is 23.6 Å². The SMILES string of the molecule is CN[C@@H](C)C(=O)N[C@H](C(=O)N1C[C@@H](NC(=O)CCCCCCOc2cc3nc(C)nc(N[C@H](C)c4cccc(Br)c4)c3cc2OC)C[C@H]1C(=O)N[C@@H]1CCCc2ccccc21)C1CCCCC1.